The van der Waals surface area contributed by atoms with Crippen molar-refractivity contribution in [2.24, 2.45) is 5.92 Å². The van der Waals surface area contributed by atoms with E-state index in [0.717, 1.165) is 25.2 Å². The Kier molecular flexibility index (Phi) is 4.07. The van der Waals surface area contributed by atoms with Crippen LogP contribution in [0.3, 0.4) is 0 Å². The van der Waals surface area contributed by atoms with Crippen molar-refractivity contribution < 1.29 is 9.47 Å². The van der Waals surface area contributed by atoms with Crippen LogP contribution >= 0.6 is 12.6 Å². The van der Waals surface area contributed by atoms with Gasteiger partial charge < -0.3 is 9.47 Å². The summed E-state index contributed by atoms with van der Waals surface area (Å²) in [5.41, 5.74) is 0. The van der Waals surface area contributed by atoms with Crippen LogP contribution in [-0.4, -0.2) is 24.3 Å². The molecule has 3 heteroatoms. The maximum Gasteiger partial charge on any atom is 0.168 e. The third kappa shape index (κ3) is 2.86. The molecule has 0 N–H and O–H groups in total. The van der Waals surface area contributed by atoms with E-state index in [1.165, 1.54) is 0 Å². The normalized spacial score (nSPS) is 34.4. The molecule has 1 aliphatic rings. The van der Waals surface area contributed by atoms with Crippen LogP contribution in [0, 0.1) is 5.92 Å². The third-order valence-corrected chi connectivity index (χ3v) is 3.01. The Hall–Kier alpha value is 0.270. The standard InChI is InChI=1S/C10H20O2S/c1-8(2)10(3)11-7-9(12-10)5-4-6-13/h8-9,13H,4-7H2,1-3H3. The third-order valence-electron chi connectivity index (χ3n) is 2.69. The Morgan fingerprint density at radius 2 is 2.23 bits per heavy atom. The van der Waals surface area contributed by atoms with Crippen molar-refractivity contribution >= 4 is 12.6 Å². The van der Waals surface area contributed by atoms with Gasteiger partial charge in [0.15, 0.2) is 5.79 Å². The average molecular weight is 204 g/mol. The first-order valence-electron chi connectivity index (χ1n) is 5.01. The van der Waals surface area contributed by atoms with Crippen LogP contribution < -0.4 is 0 Å². The molecule has 78 valence electrons. The molecule has 0 saturated carbocycles. The highest BCUT2D eigenvalue weighted by Crippen LogP contribution is 2.31. The number of ether oxygens (including phenoxy) is 2. The van der Waals surface area contributed by atoms with Gasteiger partial charge in [-0.3, -0.25) is 0 Å². The predicted octanol–water partition coefficient (Wildman–Crippen LogP) is 2.48. The first-order valence-corrected chi connectivity index (χ1v) is 5.64. The highest BCUT2D eigenvalue weighted by molar-refractivity contribution is 7.80. The van der Waals surface area contributed by atoms with Crippen molar-refractivity contribution in [3.63, 3.8) is 0 Å². The summed E-state index contributed by atoms with van der Waals surface area (Å²) in [6.45, 7) is 7.02. The number of hydrogen-bond acceptors (Lipinski definition) is 3. The van der Waals surface area contributed by atoms with Crippen molar-refractivity contribution in [2.75, 3.05) is 12.4 Å². The van der Waals surface area contributed by atoms with Crippen molar-refractivity contribution in [3.05, 3.63) is 0 Å². The number of thiol groups is 1. The second-order valence-corrected chi connectivity index (χ2v) is 4.53. The van der Waals surface area contributed by atoms with Crippen molar-refractivity contribution in [2.45, 2.75) is 45.5 Å². The fourth-order valence-corrected chi connectivity index (χ4v) is 1.60. The molecule has 2 atom stereocenters. The van der Waals surface area contributed by atoms with Crippen molar-refractivity contribution in [1.29, 1.82) is 0 Å². The van der Waals surface area contributed by atoms with Crippen LogP contribution in [0.2, 0.25) is 0 Å². The molecule has 1 fully saturated rings. The fraction of sp³-hybridized carbons (Fsp3) is 1.00. The van der Waals surface area contributed by atoms with E-state index in [2.05, 4.69) is 26.5 Å². The summed E-state index contributed by atoms with van der Waals surface area (Å²) in [5, 5.41) is 0. The van der Waals surface area contributed by atoms with Gasteiger partial charge in [-0.05, 0) is 25.5 Å². The molecule has 0 bridgehead atoms. The Morgan fingerprint density at radius 3 is 2.69 bits per heavy atom. The van der Waals surface area contributed by atoms with E-state index in [9.17, 15) is 0 Å². The van der Waals surface area contributed by atoms with Gasteiger partial charge >= 0.3 is 0 Å². The van der Waals surface area contributed by atoms with E-state index < -0.39 is 0 Å². The molecule has 0 amide bonds. The molecule has 0 aliphatic carbocycles. The van der Waals surface area contributed by atoms with E-state index >= 15 is 0 Å². The Labute approximate surface area is 86.4 Å². The minimum atomic E-state index is -0.360. The van der Waals surface area contributed by atoms with Gasteiger partial charge in [0.05, 0.1) is 12.7 Å². The van der Waals surface area contributed by atoms with Crippen LogP contribution in [0.25, 0.3) is 0 Å². The summed E-state index contributed by atoms with van der Waals surface area (Å²) in [7, 11) is 0. The summed E-state index contributed by atoms with van der Waals surface area (Å²) >= 11 is 4.18. The number of hydrogen-bond donors (Lipinski definition) is 1. The zero-order chi connectivity index (χ0) is 9.90. The quantitative estimate of drug-likeness (QED) is 0.709. The molecular formula is C10H20O2S. The van der Waals surface area contributed by atoms with Crippen molar-refractivity contribution in [1.82, 2.24) is 0 Å². The van der Waals surface area contributed by atoms with Gasteiger partial charge in [-0.15, -0.1) is 0 Å². The SMILES string of the molecule is CC(C)C1(C)OCC(CCCS)O1. The van der Waals surface area contributed by atoms with Gasteiger partial charge in [-0.1, -0.05) is 13.8 Å². The monoisotopic (exact) mass is 204 g/mol. The molecular weight excluding hydrogens is 184 g/mol. The second-order valence-electron chi connectivity index (χ2n) is 4.09. The zero-order valence-electron chi connectivity index (χ0n) is 8.75. The lowest BCUT2D eigenvalue weighted by Gasteiger charge is -2.27. The lowest BCUT2D eigenvalue weighted by Crippen LogP contribution is -2.33. The second kappa shape index (κ2) is 4.67. The molecule has 1 heterocycles. The van der Waals surface area contributed by atoms with Gasteiger partial charge in [0.25, 0.3) is 0 Å². The summed E-state index contributed by atoms with van der Waals surface area (Å²) in [6, 6.07) is 0. The number of rotatable bonds is 4. The van der Waals surface area contributed by atoms with Crippen LogP contribution in [0.5, 0.6) is 0 Å². The fourth-order valence-electron chi connectivity index (χ4n) is 1.42. The Morgan fingerprint density at radius 1 is 1.54 bits per heavy atom. The summed E-state index contributed by atoms with van der Waals surface area (Å²) in [4.78, 5) is 0. The molecule has 0 aromatic carbocycles. The summed E-state index contributed by atoms with van der Waals surface area (Å²) < 4.78 is 11.5. The maximum atomic E-state index is 5.86. The molecule has 0 aromatic heterocycles. The minimum absolute atomic E-state index is 0.277. The van der Waals surface area contributed by atoms with Crippen LogP contribution in [0.4, 0.5) is 0 Å². The molecule has 0 aromatic rings. The summed E-state index contributed by atoms with van der Waals surface area (Å²) in [6.07, 6.45) is 2.44. The van der Waals surface area contributed by atoms with Gasteiger partial charge in [-0.25, -0.2) is 0 Å². The van der Waals surface area contributed by atoms with Gasteiger partial charge in [0.2, 0.25) is 0 Å². The van der Waals surface area contributed by atoms with Gasteiger partial charge in [0, 0.05) is 5.92 Å². The predicted molar refractivity (Wildman–Crippen MR) is 57.2 cm³/mol. The minimum Gasteiger partial charge on any atom is -0.347 e. The molecule has 2 nitrogen and oxygen atoms in total. The molecule has 1 aliphatic heterocycles. The van der Waals surface area contributed by atoms with Gasteiger partial charge in [0.1, 0.15) is 0 Å². The average Bonchev–Trinajstić information content (AvgIpc) is 2.45. The van der Waals surface area contributed by atoms with E-state index in [1.807, 2.05) is 6.92 Å². The smallest absolute Gasteiger partial charge is 0.168 e. The molecule has 0 spiro atoms. The van der Waals surface area contributed by atoms with E-state index in [0.29, 0.717) is 5.92 Å². The van der Waals surface area contributed by atoms with Crippen LogP contribution in [0.1, 0.15) is 33.6 Å². The highest BCUT2D eigenvalue weighted by atomic mass is 32.1. The van der Waals surface area contributed by atoms with E-state index in [-0.39, 0.29) is 11.9 Å². The molecule has 1 saturated heterocycles. The first-order chi connectivity index (χ1) is 6.08. The zero-order valence-corrected chi connectivity index (χ0v) is 9.64. The molecule has 13 heavy (non-hydrogen) atoms. The van der Waals surface area contributed by atoms with Crippen LogP contribution in [-0.2, 0) is 9.47 Å². The Bertz CT molecular complexity index is 161. The highest BCUT2D eigenvalue weighted by Gasteiger charge is 2.39. The van der Waals surface area contributed by atoms with Crippen molar-refractivity contribution in [3.8, 4) is 0 Å². The van der Waals surface area contributed by atoms with Gasteiger partial charge in [-0.2, -0.15) is 12.6 Å². The lowest BCUT2D eigenvalue weighted by molar-refractivity contribution is -0.183. The molecule has 2 unspecified atom stereocenters. The van der Waals surface area contributed by atoms with E-state index in [4.69, 9.17) is 9.47 Å². The van der Waals surface area contributed by atoms with E-state index in [1.54, 1.807) is 0 Å². The van der Waals surface area contributed by atoms with Crippen LogP contribution in [0.15, 0.2) is 0 Å². The maximum absolute atomic E-state index is 5.86. The topological polar surface area (TPSA) is 18.5 Å². The summed E-state index contributed by atoms with van der Waals surface area (Å²) in [5.74, 6) is 0.980. The molecule has 1 rings (SSSR count). The Balaban J connectivity index is 2.35. The molecule has 0 radical (unpaired) electrons. The lowest BCUT2D eigenvalue weighted by atomic mass is 10.1. The largest absolute Gasteiger partial charge is 0.347 e. The first kappa shape index (κ1) is 11.3.